The molecule has 0 bridgehead atoms. The molecule has 3 aromatic rings. The number of benzene rings is 2. The fourth-order valence-corrected chi connectivity index (χ4v) is 2.17. The van der Waals surface area contributed by atoms with Gasteiger partial charge in [0.15, 0.2) is 11.6 Å². The van der Waals surface area contributed by atoms with Gasteiger partial charge in [0, 0.05) is 11.8 Å². The molecule has 24 heavy (non-hydrogen) atoms. The molecule has 1 heterocycles. The summed E-state index contributed by atoms with van der Waals surface area (Å²) >= 11 is 0. The molecule has 3 rings (SSSR count). The number of anilines is 1. The van der Waals surface area contributed by atoms with Crippen molar-refractivity contribution in [2.24, 2.45) is 0 Å². The van der Waals surface area contributed by atoms with Gasteiger partial charge in [-0.2, -0.15) is 0 Å². The summed E-state index contributed by atoms with van der Waals surface area (Å²) in [4.78, 5) is 12.1. The van der Waals surface area contributed by atoms with Gasteiger partial charge in [0.1, 0.15) is 18.0 Å². The van der Waals surface area contributed by atoms with Gasteiger partial charge in [-0.15, -0.1) is 10.2 Å². The number of hydrogen-bond acceptors (Lipinski definition) is 3. The van der Waals surface area contributed by atoms with E-state index in [1.54, 1.807) is 35.8 Å². The highest BCUT2D eigenvalue weighted by Gasteiger charge is 2.16. The number of hydrogen-bond donors (Lipinski definition) is 1. The molecule has 2 aromatic carbocycles. The van der Waals surface area contributed by atoms with Crippen LogP contribution in [0.25, 0.3) is 5.69 Å². The Balaban J connectivity index is 1.88. The van der Waals surface area contributed by atoms with E-state index in [0.29, 0.717) is 29.3 Å². The summed E-state index contributed by atoms with van der Waals surface area (Å²) in [5.74, 6) is -4.03. The first-order valence-electron chi connectivity index (χ1n) is 6.88. The van der Waals surface area contributed by atoms with Gasteiger partial charge in [-0.3, -0.25) is 9.36 Å². The third-order valence-electron chi connectivity index (χ3n) is 3.35. The average molecular weight is 332 g/mol. The van der Waals surface area contributed by atoms with Crippen LogP contribution in [0.1, 0.15) is 16.2 Å². The lowest BCUT2D eigenvalue weighted by molar-refractivity contribution is 0.102. The van der Waals surface area contributed by atoms with Crippen molar-refractivity contribution in [1.82, 2.24) is 14.8 Å². The summed E-state index contributed by atoms with van der Waals surface area (Å²) in [6.45, 7) is 1.76. The first-order valence-corrected chi connectivity index (χ1v) is 6.88. The molecule has 0 aliphatic carbocycles. The molecule has 0 atom stereocenters. The molecule has 1 N–H and O–H groups in total. The highest BCUT2D eigenvalue weighted by Crippen LogP contribution is 2.18. The lowest BCUT2D eigenvalue weighted by Gasteiger charge is -2.09. The van der Waals surface area contributed by atoms with E-state index in [-0.39, 0.29) is 0 Å². The topological polar surface area (TPSA) is 59.8 Å². The van der Waals surface area contributed by atoms with Gasteiger partial charge in [0.2, 0.25) is 0 Å². The molecule has 0 aliphatic rings. The second-order valence-corrected chi connectivity index (χ2v) is 5.00. The number of nitrogens with one attached hydrogen (secondary N) is 1. The Hall–Kier alpha value is -3.16. The van der Waals surface area contributed by atoms with Gasteiger partial charge in [0.25, 0.3) is 5.91 Å². The summed E-state index contributed by atoms with van der Waals surface area (Å²) < 4.78 is 41.5. The molecule has 1 aromatic heterocycles. The van der Waals surface area contributed by atoms with Crippen molar-refractivity contribution >= 4 is 11.6 Å². The third kappa shape index (κ3) is 2.98. The Kier molecular flexibility index (Phi) is 4.03. The summed E-state index contributed by atoms with van der Waals surface area (Å²) in [5, 5.41) is 10.1. The quantitative estimate of drug-likeness (QED) is 0.749. The number of aryl methyl sites for hydroxylation is 1. The first-order chi connectivity index (χ1) is 11.5. The van der Waals surface area contributed by atoms with Crippen molar-refractivity contribution in [3.63, 3.8) is 0 Å². The Morgan fingerprint density at radius 2 is 1.83 bits per heavy atom. The number of halogens is 3. The number of amides is 1. The number of carbonyl (C=O) groups is 1. The second kappa shape index (κ2) is 6.15. The van der Waals surface area contributed by atoms with Gasteiger partial charge in [-0.05, 0) is 31.2 Å². The predicted molar refractivity (Wildman–Crippen MR) is 80.4 cm³/mol. The lowest BCUT2D eigenvalue weighted by Crippen LogP contribution is -2.15. The Labute approximate surface area is 134 Å². The van der Waals surface area contributed by atoms with E-state index < -0.39 is 28.9 Å². The number of nitrogens with zero attached hydrogens (tertiary/aromatic N) is 3. The number of aromatic nitrogens is 3. The molecule has 0 radical (unpaired) electrons. The SMILES string of the molecule is Cc1nncn1-c1cccc(NC(=O)c2cc(F)c(F)cc2F)c1. The maximum absolute atomic E-state index is 13.7. The first kappa shape index (κ1) is 15.7. The van der Waals surface area contributed by atoms with Crippen molar-refractivity contribution in [2.45, 2.75) is 6.92 Å². The molecule has 0 saturated carbocycles. The predicted octanol–water partition coefficient (Wildman–Crippen LogP) is 3.25. The monoisotopic (exact) mass is 332 g/mol. The minimum atomic E-state index is -1.35. The molecular formula is C16H11F3N4O. The van der Waals surface area contributed by atoms with Gasteiger partial charge < -0.3 is 5.32 Å². The molecular weight excluding hydrogens is 321 g/mol. The van der Waals surface area contributed by atoms with Gasteiger partial charge in [-0.25, -0.2) is 13.2 Å². The maximum Gasteiger partial charge on any atom is 0.258 e. The van der Waals surface area contributed by atoms with E-state index in [0.717, 1.165) is 0 Å². The third-order valence-corrected chi connectivity index (χ3v) is 3.35. The van der Waals surface area contributed by atoms with E-state index in [1.807, 2.05) is 0 Å². The summed E-state index contributed by atoms with van der Waals surface area (Å²) in [6, 6.07) is 7.50. The normalized spacial score (nSPS) is 10.7. The van der Waals surface area contributed by atoms with Crippen LogP contribution in [-0.4, -0.2) is 20.7 Å². The van der Waals surface area contributed by atoms with Crippen LogP contribution in [-0.2, 0) is 0 Å². The van der Waals surface area contributed by atoms with Crippen LogP contribution in [0, 0.1) is 24.4 Å². The molecule has 0 fully saturated rings. The Morgan fingerprint density at radius 3 is 2.54 bits per heavy atom. The van der Waals surface area contributed by atoms with E-state index in [1.165, 1.54) is 6.33 Å². The zero-order chi connectivity index (χ0) is 17.3. The van der Waals surface area contributed by atoms with Crippen LogP contribution >= 0.6 is 0 Å². The van der Waals surface area contributed by atoms with Crippen LogP contribution in [0.2, 0.25) is 0 Å². The Morgan fingerprint density at radius 1 is 1.08 bits per heavy atom. The summed E-state index contributed by atoms with van der Waals surface area (Å²) in [6.07, 6.45) is 1.51. The van der Waals surface area contributed by atoms with Crippen molar-refractivity contribution in [3.05, 3.63) is 71.6 Å². The van der Waals surface area contributed by atoms with Gasteiger partial charge in [0.05, 0.1) is 11.3 Å². The molecule has 0 spiro atoms. The van der Waals surface area contributed by atoms with Crippen LogP contribution in [0.15, 0.2) is 42.7 Å². The standard InChI is InChI=1S/C16H11F3N4O/c1-9-22-20-8-23(9)11-4-2-3-10(5-11)21-16(24)12-6-14(18)15(19)7-13(12)17/h2-8H,1H3,(H,21,24). The molecule has 5 nitrogen and oxygen atoms in total. The largest absolute Gasteiger partial charge is 0.322 e. The molecule has 0 saturated heterocycles. The average Bonchev–Trinajstić information content (AvgIpc) is 2.97. The smallest absolute Gasteiger partial charge is 0.258 e. The van der Waals surface area contributed by atoms with E-state index in [2.05, 4.69) is 15.5 Å². The van der Waals surface area contributed by atoms with E-state index in [9.17, 15) is 18.0 Å². The van der Waals surface area contributed by atoms with Crippen molar-refractivity contribution < 1.29 is 18.0 Å². The molecule has 0 aliphatic heterocycles. The second-order valence-electron chi connectivity index (χ2n) is 5.00. The molecule has 122 valence electrons. The molecule has 0 unspecified atom stereocenters. The maximum atomic E-state index is 13.7. The van der Waals surface area contributed by atoms with Gasteiger partial charge in [-0.1, -0.05) is 6.07 Å². The summed E-state index contributed by atoms with van der Waals surface area (Å²) in [5.41, 5.74) is 0.454. The highest BCUT2D eigenvalue weighted by molar-refractivity contribution is 6.04. The highest BCUT2D eigenvalue weighted by atomic mass is 19.2. The minimum Gasteiger partial charge on any atom is -0.322 e. The van der Waals surface area contributed by atoms with E-state index >= 15 is 0 Å². The van der Waals surface area contributed by atoms with Crippen molar-refractivity contribution in [3.8, 4) is 5.69 Å². The zero-order valence-electron chi connectivity index (χ0n) is 12.4. The lowest BCUT2D eigenvalue weighted by atomic mass is 10.1. The Bertz CT molecular complexity index is 923. The zero-order valence-corrected chi connectivity index (χ0v) is 12.4. The van der Waals surface area contributed by atoms with Gasteiger partial charge >= 0.3 is 0 Å². The van der Waals surface area contributed by atoms with Crippen LogP contribution in [0.5, 0.6) is 0 Å². The number of carbonyl (C=O) groups excluding carboxylic acids is 1. The fourth-order valence-electron chi connectivity index (χ4n) is 2.17. The van der Waals surface area contributed by atoms with Crippen LogP contribution in [0.3, 0.4) is 0 Å². The number of rotatable bonds is 3. The minimum absolute atomic E-state index is 0.335. The molecule has 8 heteroatoms. The molecule has 1 amide bonds. The summed E-state index contributed by atoms with van der Waals surface area (Å²) in [7, 11) is 0. The fraction of sp³-hybridized carbons (Fsp3) is 0.0625. The van der Waals surface area contributed by atoms with E-state index in [4.69, 9.17) is 0 Å². The van der Waals surface area contributed by atoms with Crippen molar-refractivity contribution in [2.75, 3.05) is 5.32 Å². The van der Waals surface area contributed by atoms with Crippen LogP contribution in [0.4, 0.5) is 18.9 Å². The van der Waals surface area contributed by atoms with Crippen LogP contribution < -0.4 is 5.32 Å². The van der Waals surface area contributed by atoms with Crippen molar-refractivity contribution in [1.29, 1.82) is 0 Å².